The van der Waals surface area contributed by atoms with Gasteiger partial charge in [-0.1, -0.05) is 51.9 Å². The van der Waals surface area contributed by atoms with Gasteiger partial charge < -0.3 is 5.11 Å². The molecule has 0 bridgehead atoms. The summed E-state index contributed by atoms with van der Waals surface area (Å²) >= 11 is 0. The summed E-state index contributed by atoms with van der Waals surface area (Å²) in [7, 11) is 0. The highest BCUT2D eigenvalue weighted by Crippen LogP contribution is 2.23. The molecule has 0 atom stereocenters. The third kappa shape index (κ3) is 6.42. The van der Waals surface area contributed by atoms with Crippen molar-refractivity contribution in [2.24, 2.45) is 0 Å². The van der Waals surface area contributed by atoms with Crippen LogP contribution < -0.4 is 0 Å². The SMILES string of the molecule is CCCCCCCCN(CCO)C1CCCC1. The minimum absolute atomic E-state index is 0.326. The highest BCUT2D eigenvalue weighted by Gasteiger charge is 2.21. The largest absolute Gasteiger partial charge is 0.395 e. The van der Waals surface area contributed by atoms with E-state index in [1.165, 1.54) is 70.8 Å². The van der Waals surface area contributed by atoms with E-state index in [9.17, 15) is 0 Å². The molecule has 102 valence electrons. The monoisotopic (exact) mass is 241 g/mol. The van der Waals surface area contributed by atoms with Crippen molar-refractivity contribution in [2.75, 3.05) is 19.7 Å². The number of hydrogen-bond acceptors (Lipinski definition) is 2. The van der Waals surface area contributed by atoms with Gasteiger partial charge in [-0.3, -0.25) is 4.90 Å². The van der Waals surface area contributed by atoms with Crippen LogP contribution >= 0.6 is 0 Å². The molecule has 0 aliphatic heterocycles. The molecule has 0 saturated heterocycles. The molecule has 0 spiro atoms. The Morgan fingerprint density at radius 1 is 0.941 bits per heavy atom. The number of aliphatic hydroxyl groups is 1. The summed E-state index contributed by atoms with van der Waals surface area (Å²) in [6, 6.07) is 0.776. The number of unbranched alkanes of at least 4 members (excludes halogenated alkanes) is 5. The third-order valence-electron chi connectivity index (χ3n) is 4.03. The zero-order chi connectivity index (χ0) is 12.3. The van der Waals surface area contributed by atoms with E-state index in [-0.39, 0.29) is 0 Å². The molecule has 2 nitrogen and oxygen atoms in total. The summed E-state index contributed by atoms with van der Waals surface area (Å²) in [6.45, 7) is 4.69. The Kier molecular flexibility index (Phi) is 8.72. The quantitative estimate of drug-likeness (QED) is 0.591. The first-order valence-corrected chi connectivity index (χ1v) is 7.73. The van der Waals surface area contributed by atoms with Gasteiger partial charge in [0.25, 0.3) is 0 Å². The minimum atomic E-state index is 0.326. The van der Waals surface area contributed by atoms with E-state index in [2.05, 4.69) is 11.8 Å². The fourth-order valence-corrected chi connectivity index (χ4v) is 2.97. The van der Waals surface area contributed by atoms with Gasteiger partial charge in [0.15, 0.2) is 0 Å². The van der Waals surface area contributed by atoms with E-state index >= 15 is 0 Å². The second kappa shape index (κ2) is 9.90. The summed E-state index contributed by atoms with van der Waals surface area (Å²) in [5.41, 5.74) is 0. The van der Waals surface area contributed by atoms with Crippen molar-refractivity contribution < 1.29 is 5.11 Å². The summed E-state index contributed by atoms with van der Waals surface area (Å²) in [4.78, 5) is 2.53. The molecular weight excluding hydrogens is 210 g/mol. The van der Waals surface area contributed by atoms with Crippen molar-refractivity contribution >= 4 is 0 Å². The van der Waals surface area contributed by atoms with Crippen LogP contribution in [0.2, 0.25) is 0 Å². The van der Waals surface area contributed by atoms with Crippen LogP contribution in [0.15, 0.2) is 0 Å². The van der Waals surface area contributed by atoms with Gasteiger partial charge >= 0.3 is 0 Å². The smallest absolute Gasteiger partial charge is 0.0558 e. The Balaban J connectivity index is 2.07. The highest BCUT2D eigenvalue weighted by atomic mass is 16.3. The van der Waals surface area contributed by atoms with Crippen molar-refractivity contribution in [3.05, 3.63) is 0 Å². The fraction of sp³-hybridized carbons (Fsp3) is 1.00. The molecule has 2 heteroatoms. The minimum Gasteiger partial charge on any atom is -0.395 e. The van der Waals surface area contributed by atoms with Gasteiger partial charge in [0.2, 0.25) is 0 Å². The van der Waals surface area contributed by atoms with Gasteiger partial charge in [-0.05, 0) is 25.8 Å². The first-order valence-electron chi connectivity index (χ1n) is 7.73. The second-order valence-corrected chi connectivity index (χ2v) is 5.47. The van der Waals surface area contributed by atoms with Gasteiger partial charge in [0.05, 0.1) is 6.61 Å². The number of hydrogen-bond donors (Lipinski definition) is 1. The molecule has 17 heavy (non-hydrogen) atoms. The van der Waals surface area contributed by atoms with Gasteiger partial charge in [-0.15, -0.1) is 0 Å². The Hall–Kier alpha value is -0.0800. The average Bonchev–Trinajstić information content (AvgIpc) is 2.86. The van der Waals surface area contributed by atoms with Gasteiger partial charge in [0.1, 0.15) is 0 Å². The van der Waals surface area contributed by atoms with Crippen LogP contribution in [0.25, 0.3) is 0 Å². The van der Waals surface area contributed by atoms with E-state index in [1.54, 1.807) is 0 Å². The van der Waals surface area contributed by atoms with Gasteiger partial charge in [-0.25, -0.2) is 0 Å². The lowest BCUT2D eigenvalue weighted by Gasteiger charge is -2.28. The average molecular weight is 241 g/mol. The molecule has 1 aliphatic carbocycles. The molecule has 0 radical (unpaired) electrons. The van der Waals surface area contributed by atoms with Crippen LogP contribution in [0.3, 0.4) is 0 Å². The van der Waals surface area contributed by atoms with Crippen LogP contribution in [0, 0.1) is 0 Å². The van der Waals surface area contributed by atoms with Crippen molar-refractivity contribution in [2.45, 2.75) is 77.2 Å². The first kappa shape index (κ1) is 15.0. The van der Waals surface area contributed by atoms with E-state index in [4.69, 9.17) is 5.11 Å². The maximum Gasteiger partial charge on any atom is 0.0558 e. The van der Waals surface area contributed by atoms with Crippen LogP contribution in [0.5, 0.6) is 0 Å². The van der Waals surface area contributed by atoms with Crippen LogP contribution in [-0.2, 0) is 0 Å². The summed E-state index contributed by atoms with van der Waals surface area (Å²) in [6.07, 6.45) is 13.7. The molecule has 1 aliphatic rings. The highest BCUT2D eigenvalue weighted by molar-refractivity contribution is 4.77. The molecule has 0 unspecified atom stereocenters. The predicted molar refractivity (Wildman–Crippen MR) is 74.3 cm³/mol. The fourth-order valence-electron chi connectivity index (χ4n) is 2.97. The zero-order valence-electron chi connectivity index (χ0n) is 11.7. The van der Waals surface area contributed by atoms with Crippen LogP contribution in [0.4, 0.5) is 0 Å². The number of aliphatic hydroxyl groups excluding tert-OH is 1. The summed E-state index contributed by atoms with van der Waals surface area (Å²) < 4.78 is 0. The number of rotatable bonds is 10. The van der Waals surface area contributed by atoms with Crippen molar-refractivity contribution in [3.63, 3.8) is 0 Å². The van der Waals surface area contributed by atoms with Crippen molar-refractivity contribution in [1.29, 1.82) is 0 Å². The van der Waals surface area contributed by atoms with E-state index in [0.717, 1.165) is 12.6 Å². The molecule has 0 aromatic heterocycles. The molecule has 0 aromatic carbocycles. The molecule has 0 heterocycles. The molecule has 1 saturated carbocycles. The van der Waals surface area contributed by atoms with E-state index in [1.807, 2.05) is 0 Å². The first-order chi connectivity index (χ1) is 8.38. The Labute approximate surface area is 107 Å². The zero-order valence-corrected chi connectivity index (χ0v) is 11.7. The van der Waals surface area contributed by atoms with Gasteiger partial charge in [-0.2, -0.15) is 0 Å². The molecule has 0 amide bonds. The lowest BCUT2D eigenvalue weighted by Crippen LogP contribution is -2.36. The lowest BCUT2D eigenvalue weighted by atomic mass is 10.1. The second-order valence-electron chi connectivity index (χ2n) is 5.47. The standard InChI is InChI=1S/C15H31NO/c1-2-3-4-5-6-9-12-16(13-14-17)15-10-7-8-11-15/h15,17H,2-14H2,1H3. The molecule has 1 fully saturated rings. The topological polar surface area (TPSA) is 23.5 Å². The van der Waals surface area contributed by atoms with Gasteiger partial charge in [0, 0.05) is 12.6 Å². The maximum atomic E-state index is 9.13. The molecular formula is C15H31NO. The van der Waals surface area contributed by atoms with E-state index < -0.39 is 0 Å². The summed E-state index contributed by atoms with van der Waals surface area (Å²) in [5, 5.41) is 9.13. The third-order valence-corrected chi connectivity index (χ3v) is 4.03. The Morgan fingerprint density at radius 3 is 2.24 bits per heavy atom. The summed E-state index contributed by atoms with van der Waals surface area (Å²) in [5.74, 6) is 0. The normalized spacial score (nSPS) is 17.1. The number of nitrogens with zero attached hydrogens (tertiary/aromatic N) is 1. The van der Waals surface area contributed by atoms with Crippen molar-refractivity contribution in [1.82, 2.24) is 4.90 Å². The maximum absolute atomic E-state index is 9.13. The lowest BCUT2D eigenvalue weighted by molar-refractivity contribution is 0.149. The molecule has 0 aromatic rings. The molecule has 1 rings (SSSR count). The van der Waals surface area contributed by atoms with E-state index in [0.29, 0.717) is 6.61 Å². The Morgan fingerprint density at radius 2 is 1.59 bits per heavy atom. The molecule has 1 N–H and O–H groups in total. The Bertz CT molecular complexity index is 166. The van der Waals surface area contributed by atoms with Crippen LogP contribution in [0.1, 0.15) is 71.1 Å². The van der Waals surface area contributed by atoms with Crippen LogP contribution in [-0.4, -0.2) is 35.7 Å². The predicted octanol–water partition coefficient (Wildman–Crippen LogP) is 3.58. The van der Waals surface area contributed by atoms with Crippen molar-refractivity contribution in [3.8, 4) is 0 Å².